The van der Waals surface area contributed by atoms with Gasteiger partial charge in [-0.2, -0.15) is 12.6 Å². The number of rotatable bonds is 6. The first-order valence-corrected chi connectivity index (χ1v) is 9.27. The minimum atomic E-state index is -1.44. The zero-order chi connectivity index (χ0) is 20.3. The van der Waals surface area contributed by atoms with Gasteiger partial charge in [-0.1, -0.05) is 55.1 Å². The number of imide groups is 1. The average molecular weight is 397 g/mol. The molecular formula is C21H19NO5S. The van der Waals surface area contributed by atoms with E-state index in [0.29, 0.717) is 4.90 Å². The third kappa shape index (κ3) is 3.53. The molecule has 7 heteroatoms. The number of carbonyl (C=O) groups is 3. The summed E-state index contributed by atoms with van der Waals surface area (Å²) >= 11 is 3.94. The van der Waals surface area contributed by atoms with Crippen LogP contribution in [0.4, 0.5) is 4.79 Å². The quantitative estimate of drug-likeness (QED) is 0.577. The Morgan fingerprint density at radius 2 is 1.64 bits per heavy atom. The van der Waals surface area contributed by atoms with Gasteiger partial charge in [0.05, 0.1) is 0 Å². The number of fused-ring (bicyclic) bond motifs is 3. The summed E-state index contributed by atoms with van der Waals surface area (Å²) in [6, 6.07) is 14.2. The van der Waals surface area contributed by atoms with Gasteiger partial charge < -0.3 is 9.84 Å². The van der Waals surface area contributed by atoms with E-state index in [0.717, 1.165) is 28.3 Å². The van der Waals surface area contributed by atoms with E-state index in [1.807, 2.05) is 48.5 Å². The summed E-state index contributed by atoms with van der Waals surface area (Å²) in [6.45, 7) is 3.30. The standard InChI is InChI=1S/C21H19NO5S/c1-2-19(23)22(18(12-28)20(24)25)21(26)27-11-17-15-9-5-3-7-13(15)14-8-4-6-10-16(14)17/h2-10,17-18,28H,1,11-12H2,(H,24,25)/t18-/m0/s1. The molecule has 0 spiro atoms. The average Bonchev–Trinajstić information content (AvgIpc) is 3.03. The maximum Gasteiger partial charge on any atom is 0.417 e. The van der Waals surface area contributed by atoms with Crippen LogP contribution in [0.1, 0.15) is 17.0 Å². The van der Waals surface area contributed by atoms with Crippen LogP contribution in [0.25, 0.3) is 11.1 Å². The molecule has 2 amide bonds. The van der Waals surface area contributed by atoms with Gasteiger partial charge in [-0.25, -0.2) is 14.5 Å². The predicted molar refractivity (Wildman–Crippen MR) is 107 cm³/mol. The summed E-state index contributed by atoms with van der Waals surface area (Å²) in [5, 5.41) is 9.29. The third-order valence-corrected chi connectivity index (χ3v) is 5.06. The summed E-state index contributed by atoms with van der Waals surface area (Å²) in [6.07, 6.45) is -0.158. The molecule has 2 aromatic carbocycles. The molecule has 0 aromatic heterocycles. The van der Waals surface area contributed by atoms with E-state index in [1.165, 1.54) is 0 Å². The van der Waals surface area contributed by atoms with E-state index < -0.39 is 24.0 Å². The number of carbonyl (C=O) groups excluding carboxylic acids is 2. The Morgan fingerprint density at radius 1 is 1.11 bits per heavy atom. The summed E-state index contributed by atoms with van der Waals surface area (Å²) in [4.78, 5) is 36.6. The first kappa shape index (κ1) is 19.7. The fourth-order valence-electron chi connectivity index (χ4n) is 3.40. The van der Waals surface area contributed by atoms with E-state index in [9.17, 15) is 19.5 Å². The van der Waals surface area contributed by atoms with Crippen molar-refractivity contribution in [3.63, 3.8) is 0 Å². The largest absolute Gasteiger partial charge is 0.480 e. The molecule has 0 fully saturated rings. The molecule has 0 bridgehead atoms. The van der Waals surface area contributed by atoms with Crippen molar-refractivity contribution < 1.29 is 24.2 Å². The lowest BCUT2D eigenvalue weighted by molar-refractivity contribution is -0.146. The number of hydrogen-bond acceptors (Lipinski definition) is 5. The second kappa shape index (κ2) is 8.31. The molecular weight excluding hydrogens is 378 g/mol. The molecule has 0 saturated carbocycles. The smallest absolute Gasteiger partial charge is 0.417 e. The minimum absolute atomic E-state index is 0.0211. The van der Waals surface area contributed by atoms with Crippen LogP contribution in [-0.2, 0) is 14.3 Å². The molecule has 0 saturated heterocycles. The molecule has 1 atom stereocenters. The second-order valence-electron chi connectivity index (χ2n) is 6.25. The zero-order valence-electron chi connectivity index (χ0n) is 14.9. The molecule has 0 unspecified atom stereocenters. The molecule has 28 heavy (non-hydrogen) atoms. The highest BCUT2D eigenvalue weighted by Gasteiger charge is 2.35. The number of nitrogens with zero attached hydrogens (tertiary/aromatic N) is 1. The van der Waals surface area contributed by atoms with Crippen LogP contribution >= 0.6 is 12.6 Å². The first-order chi connectivity index (χ1) is 13.5. The lowest BCUT2D eigenvalue weighted by Gasteiger charge is -2.25. The van der Waals surface area contributed by atoms with Crippen molar-refractivity contribution >= 4 is 30.6 Å². The number of carboxylic acids is 1. The number of hydrogen-bond donors (Lipinski definition) is 2. The van der Waals surface area contributed by atoms with Crippen molar-refractivity contribution in [3.8, 4) is 11.1 Å². The number of ether oxygens (including phenoxy) is 1. The van der Waals surface area contributed by atoms with E-state index >= 15 is 0 Å². The van der Waals surface area contributed by atoms with Crippen molar-refractivity contribution in [2.75, 3.05) is 12.4 Å². The fraction of sp³-hybridized carbons (Fsp3) is 0.190. The lowest BCUT2D eigenvalue weighted by atomic mass is 9.98. The van der Waals surface area contributed by atoms with Crippen LogP contribution < -0.4 is 0 Å². The van der Waals surface area contributed by atoms with Crippen LogP contribution in [0.15, 0.2) is 61.2 Å². The molecule has 0 heterocycles. The molecule has 0 aliphatic heterocycles. The van der Waals surface area contributed by atoms with E-state index in [-0.39, 0.29) is 18.3 Å². The van der Waals surface area contributed by atoms with E-state index in [2.05, 4.69) is 19.2 Å². The maximum absolute atomic E-state index is 12.6. The molecule has 144 valence electrons. The van der Waals surface area contributed by atoms with Crippen molar-refractivity contribution in [2.45, 2.75) is 12.0 Å². The van der Waals surface area contributed by atoms with Gasteiger partial charge in [-0.05, 0) is 28.3 Å². The number of amides is 2. The predicted octanol–water partition coefficient (Wildman–Crippen LogP) is 3.33. The van der Waals surface area contributed by atoms with Gasteiger partial charge in [0.2, 0.25) is 0 Å². The highest BCUT2D eigenvalue weighted by atomic mass is 32.1. The monoisotopic (exact) mass is 397 g/mol. The normalized spacial score (nSPS) is 13.2. The number of thiol groups is 1. The summed E-state index contributed by atoms with van der Waals surface area (Å²) < 4.78 is 5.38. The summed E-state index contributed by atoms with van der Waals surface area (Å²) in [5.41, 5.74) is 4.16. The number of carboxylic acid groups (broad SMARTS) is 1. The van der Waals surface area contributed by atoms with E-state index in [1.54, 1.807) is 0 Å². The maximum atomic E-state index is 12.6. The Bertz CT molecular complexity index is 896. The van der Waals surface area contributed by atoms with Crippen molar-refractivity contribution in [1.29, 1.82) is 0 Å². The Hall–Kier alpha value is -3.06. The minimum Gasteiger partial charge on any atom is -0.480 e. The highest BCUT2D eigenvalue weighted by molar-refractivity contribution is 7.80. The van der Waals surface area contributed by atoms with Crippen LogP contribution in [0.5, 0.6) is 0 Å². The van der Waals surface area contributed by atoms with Crippen LogP contribution in [0.3, 0.4) is 0 Å². The van der Waals surface area contributed by atoms with E-state index in [4.69, 9.17) is 4.74 Å². The van der Waals surface area contributed by atoms with Crippen LogP contribution in [0, 0.1) is 0 Å². The zero-order valence-corrected chi connectivity index (χ0v) is 15.8. The highest BCUT2D eigenvalue weighted by Crippen LogP contribution is 2.44. The van der Waals surface area contributed by atoms with Gasteiger partial charge in [0, 0.05) is 11.7 Å². The van der Waals surface area contributed by atoms with Gasteiger partial charge in [0.25, 0.3) is 5.91 Å². The summed E-state index contributed by atoms with van der Waals surface area (Å²) in [7, 11) is 0. The Balaban J connectivity index is 1.84. The van der Waals surface area contributed by atoms with Gasteiger partial charge >= 0.3 is 12.1 Å². The summed E-state index contributed by atoms with van der Waals surface area (Å²) in [5.74, 6) is -2.63. The van der Waals surface area contributed by atoms with Gasteiger partial charge in [0.15, 0.2) is 0 Å². The molecule has 0 radical (unpaired) electrons. The fourth-order valence-corrected chi connectivity index (χ4v) is 3.72. The molecule has 1 aliphatic carbocycles. The first-order valence-electron chi connectivity index (χ1n) is 8.63. The van der Waals surface area contributed by atoms with Gasteiger partial charge in [0.1, 0.15) is 12.6 Å². The number of benzene rings is 2. The molecule has 6 nitrogen and oxygen atoms in total. The van der Waals surface area contributed by atoms with Crippen molar-refractivity contribution in [2.24, 2.45) is 0 Å². The van der Waals surface area contributed by atoms with Crippen molar-refractivity contribution in [3.05, 3.63) is 72.3 Å². The third-order valence-electron chi connectivity index (χ3n) is 4.71. The molecule has 3 rings (SSSR count). The van der Waals surface area contributed by atoms with Crippen molar-refractivity contribution in [1.82, 2.24) is 4.90 Å². The second-order valence-corrected chi connectivity index (χ2v) is 6.62. The lowest BCUT2D eigenvalue weighted by Crippen LogP contribution is -2.49. The molecule has 1 aliphatic rings. The molecule has 1 N–H and O–H groups in total. The number of aliphatic carboxylic acids is 1. The van der Waals surface area contributed by atoms with Crippen LogP contribution in [-0.4, -0.2) is 46.4 Å². The van der Waals surface area contributed by atoms with Gasteiger partial charge in [-0.15, -0.1) is 0 Å². The molecule has 2 aromatic rings. The Labute approximate surface area is 167 Å². The topological polar surface area (TPSA) is 83.9 Å². The van der Waals surface area contributed by atoms with Crippen LogP contribution in [0.2, 0.25) is 0 Å². The van der Waals surface area contributed by atoms with Gasteiger partial charge in [-0.3, -0.25) is 4.79 Å². The SMILES string of the molecule is C=CC(=O)N(C(=O)OCC1c2ccccc2-c2ccccc21)[C@@H](CS)C(=O)O. The Kier molecular flexibility index (Phi) is 5.84. The Morgan fingerprint density at radius 3 is 2.11 bits per heavy atom.